The second-order valence-corrected chi connectivity index (χ2v) is 4.85. The summed E-state index contributed by atoms with van der Waals surface area (Å²) in [5, 5.41) is 10.5. The molecule has 1 fully saturated rings. The smallest absolute Gasteiger partial charge is 0.294 e. The average Bonchev–Trinajstić information content (AvgIpc) is 3.01. The van der Waals surface area contributed by atoms with E-state index in [0.717, 1.165) is 16.7 Å². The molecule has 0 aliphatic carbocycles. The van der Waals surface area contributed by atoms with Crippen LogP contribution in [0.5, 0.6) is 0 Å². The predicted molar refractivity (Wildman–Crippen MR) is 71.5 cm³/mol. The summed E-state index contributed by atoms with van der Waals surface area (Å²) in [6, 6.07) is 3.32. The van der Waals surface area contributed by atoms with Crippen LogP contribution >= 0.6 is 11.8 Å². The molecular weight excluding hydrogens is 284 g/mol. The summed E-state index contributed by atoms with van der Waals surface area (Å²) < 4.78 is 5.07. The molecule has 2 N–H and O–H groups in total. The van der Waals surface area contributed by atoms with Crippen molar-refractivity contribution in [1.29, 1.82) is 0 Å². The highest BCUT2D eigenvalue weighted by atomic mass is 32.2. The molecule has 1 saturated heterocycles. The molecule has 1 aliphatic heterocycles. The van der Waals surface area contributed by atoms with Gasteiger partial charge < -0.3 is 14.8 Å². The van der Waals surface area contributed by atoms with E-state index in [4.69, 9.17) is 9.52 Å². The van der Waals surface area contributed by atoms with Gasteiger partial charge in [0.05, 0.1) is 17.8 Å². The minimum atomic E-state index is -0.532. The van der Waals surface area contributed by atoms with E-state index in [1.807, 2.05) is 0 Å². The maximum Gasteiger partial charge on any atom is 0.294 e. The first-order chi connectivity index (χ1) is 9.61. The molecule has 0 unspecified atom stereocenters. The van der Waals surface area contributed by atoms with Crippen LogP contribution in [0.1, 0.15) is 5.76 Å². The van der Waals surface area contributed by atoms with E-state index in [-0.39, 0.29) is 24.6 Å². The molecule has 7 nitrogen and oxygen atoms in total. The Bertz CT molecular complexity index is 552. The molecule has 1 aromatic rings. The van der Waals surface area contributed by atoms with E-state index < -0.39 is 17.1 Å². The monoisotopic (exact) mass is 296 g/mol. The van der Waals surface area contributed by atoms with E-state index in [2.05, 4.69) is 5.32 Å². The van der Waals surface area contributed by atoms with E-state index >= 15 is 0 Å². The SMILES string of the molecule is O=C(CN1C(=O)S/C(=C\c2ccco2)C1=O)NCCO. The number of nitrogens with zero attached hydrogens (tertiary/aromatic N) is 1. The lowest BCUT2D eigenvalue weighted by Gasteiger charge is -2.11. The quantitative estimate of drug-likeness (QED) is 0.764. The Kier molecular flexibility index (Phi) is 4.59. The van der Waals surface area contributed by atoms with E-state index in [1.165, 1.54) is 12.3 Å². The number of aliphatic hydroxyl groups is 1. The summed E-state index contributed by atoms with van der Waals surface area (Å²) in [6.07, 6.45) is 2.91. The number of thioether (sulfide) groups is 1. The van der Waals surface area contributed by atoms with Gasteiger partial charge in [-0.25, -0.2) is 0 Å². The molecule has 0 aromatic carbocycles. The van der Waals surface area contributed by atoms with Crippen molar-refractivity contribution in [2.75, 3.05) is 19.7 Å². The number of nitrogens with one attached hydrogen (secondary N) is 1. The summed E-state index contributed by atoms with van der Waals surface area (Å²) in [6.45, 7) is -0.483. The molecule has 0 atom stereocenters. The predicted octanol–water partition coefficient (Wildman–Crippen LogP) is 0.424. The molecule has 8 heteroatoms. The molecule has 0 spiro atoms. The lowest BCUT2D eigenvalue weighted by atomic mass is 10.3. The fourth-order valence-electron chi connectivity index (χ4n) is 1.53. The third-order valence-electron chi connectivity index (χ3n) is 2.43. The van der Waals surface area contributed by atoms with E-state index in [9.17, 15) is 14.4 Å². The Labute approximate surface area is 118 Å². The van der Waals surface area contributed by atoms with Crippen LogP contribution in [0.4, 0.5) is 4.79 Å². The number of amides is 3. The molecule has 0 radical (unpaired) electrons. The number of rotatable bonds is 5. The molecule has 3 amide bonds. The first-order valence-corrected chi connectivity index (χ1v) is 6.60. The van der Waals surface area contributed by atoms with Gasteiger partial charge in [0.15, 0.2) is 0 Å². The highest BCUT2D eigenvalue weighted by molar-refractivity contribution is 8.18. The third kappa shape index (κ3) is 3.28. The molecule has 0 bridgehead atoms. The average molecular weight is 296 g/mol. The number of hydrogen-bond donors (Lipinski definition) is 2. The van der Waals surface area contributed by atoms with Gasteiger partial charge in [-0.1, -0.05) is 0 Å². The maximum atomic E-state index is 12.0. The van der Waals surface area contributed by atoms with Crippen molar-refractivity contribution in [3.05, 3.63) is 29.1 Å². The largest absolute Gasteiger partial charge is 0.465 e. The Morgan fingerprint density at radius 3 is 2.95 bits per heavy atom. The van der Waals surface area contributed by atoms with E-state index in [1.54, 1.807) is 12.1 Å². The Hall–Kier alpha value is -2.06. The van der Waals surface area contributed by atoms with Crippen molar-refractivity contribution in [3.8, 4) is 0 Å². The highest BCUT2D eigenvalue weighted by Crippen LogP contribution is 2.31. The molecule has 1 aromatic heterocycles. The number of imide groups is 1. The van der Waals surface area contributed by atoms with Gasteiger partial charge in [-0.05, 0) is 23.9 Å². The molecule has 1 aliphatic rings. The van der Waals surface area contributed by atoms with Gasteiger partial charge in [0.2, 0.25) is 5.91 Å². The summed E-state index contributed by atoms with van der Waals surface area (Å²) in [7, 11) is 0. The summed E-state index contributed by atoms with van der Waals surface area (Å²) in [5.74, 6) is -0.573. The first kappa shape index (κ1) is 14.4. The minimum absolute atomic E-state index is 0.0806. The van der Waals surface area contributed by atoms with Crippen LogP contribution in [0, 0.1) is 0 Å². The summed E-state index contributed by atoms with van der Waals surface area (Å²) in [4.78, 5) is 36.2. The zero-order valence-corrected chi connectivity index (χ0v) is 11.2. The highest BCUT2D eigenvalue weighted by Gasteiger charge is 2.36. The summed E-state index contributed by atoms with van der Waals surface area (Å²) >= 11 is 0.755. The Balaban J connectivity index is 2.04. The topological polar surface area (TPSA) is 99.9 Å². The molecule has 106 valence electrons. The van der Waals surface area contributed by atoms with Crippen molar-refractivity contribution in [2.45, 2.75) is 0 Å². The van der Waals surface area contributed by atoms with Gasteiger partial charge in [-0.15, -0.1) is 0 Å². The van der Waals surface area contributed by atoms with Gasteiger partial charge in [0.1, 0.15) is 12.3 Å². The number of carbonyl (C=O) groups is 3. The van der Waals surface area contributed by atoms with Crippen molar-refractivity contribution in [1.82, 2.24) is 10.2 Å². The van der Waals surface area contributed by atoms with E-state index in [0.29, 0.717) is 5.76 Å². The Morgan fingerprint density at radius 1 is 1.50 bits per heavy atom. The molecular formula is C12H12N2O5S. The standard InChI is InChI=1S/C12H12N2O5S/c15-4-3-13-10(16)7-14-11(17)9(20-12(14)18)6-8-2-1-5-19-8/h1-2,5-6,15H,3-4,7H2,(H,13,16)/b9-6-. The third-order valence-corrected chi connectivity index (χ3v) is 3.33. The van der Waals surface area contributed by atoms with Crippen molar-refractivity contribution < 1.29 is 23.9 Å². The van der Waals surface area contributed by atoms with Gasteiger partial charge in [-0.3, -0.25) is 19.3 Å². The number of aliphatic hydroxyl groups excluding tert-OH is 1. The van der Waals surface area contributed by atoms with Crippen LogP contribution in [0.15, 0.2) is 27.7 Å². The first-order valence-electron chi connectivity index (χ1n) is 5.78. The zero-order valence-electron chi connectivity index (χ0n) is 10.4. The van der Waals surface area contributed by atoms with Crippen molar-refractivity contribution in [3.63, 3.8) is 0 Å². The number of carbonyl (C=O) groups excluding carboxylic acids is 3. The van der Waals surface area contributed by atoms with Gasteiger partial charge in [-0.2, -0.15) is 0 Å². The lowest BCUT2D eigenvalue weighted by molar-refractivity contribution is -0.129. The van der Waals surface area contributed by atoms with Gasteiger partial charge in [0.25, 0.3) is 11.1 Å². The molecule has 0 saturated carbocycles. The molecule has 20 heavy (non-hydrogen) atoms. The van der Waals surface area contributed by atoms with Crippen LogP contribution in [-0.2, 0) is 9.59 Å². The molecule has 2 rings (SSSR count). The van der Waals surface area contributed by atoms with Crippen LogP contribution in [0.25, 0.3) is 6.08 Å². The lowest BCUT2D eigenvalue weighted by Crippen LogP contribution is -2.40. The van der Waals surface area contributed by atoms with Crippen molar-refractivity contribution >= 4 is 34.9 Å². The molecule has 2 heterocycles. The van der Waals surface area contributed by atoms with Crippen LogP contribution in [0.2, 0.25) is 0 Å². The van der Waals surface area contributed by atoms with Gasteiger partial charge in [0, 0.05) is 12.6 Å². The summed E-state index contributed by atoms with van der Waals surface area (Å²) in [5.41, 5.74) is 0. The fraction of sp³-hybridized carbons (Fsp3) is 0.250. The van der Waals surface area contributed by atoms with Gasteiger partial charge >= 0.3 is 0 Å². The normalized spacial score (nSPS) is 17.1. The minimum Gasteiger partial charge on any atom is -0.465 e. The Morgan fingerprint density at radius 2 is 2.30 bits per heavy atom. The number of furan rings is 1. The van der Waals surface area contributed by atoms with Crippen molar-refractivity contribution in [2.24, 2.45) is 0 Å². The number of hydrogen-bond acceptors (Lipinski definition) is 6. The van der Waals surface area contributed by atoms with Crippen LogP contribution in [-0.4, -0.2) is 46.8 Å². The van der Waals surface area contributed by atoms with Crippen LogP contribution < -0.4 is 5.32 Å². The second kappa shape index (κ2) is 6.40. The second-order valence-electron chi connectivity index (χ2n) is 3.86. The maximum absolute atomic E-state index is 12.0. The fourth-order valence-corrected chi connectivity index (χ4v) is 2.35. The van der Waals surface area contributed by atoms with Crippen LogP contribution in [0.3, 0.4) is 0 Å². The zero-order chi connectivity index (χ0) is 14.5.